The van der Waals surface area contributed by atoms with Gasteiger partial charge in [0.05, 0.1) is 0 Å². The zero-order chi connectivity index (χ0) is 7.40. The van der Waals surface area contributed by atoms with Crippen molar-refractivity contribution >= 4 is 22.6 Å². The van der Waals surface area contributed by atoms with Gasteiger partial charge in [0, 0.05) is 0 Å². The van der Waals surface area contributed by atoms with Crippen LogP contribution in [0.15, 0.2) is 0 Å². The molecular weight excluding hydrogens is 123 g/mol. The highest BCUT2D eigenvalue weighted by molar-refractivity contribution is 6.65. The average molecular weight is 134 g/mol. The molecule has 1 fully saturated rings. The van der Waals surface area contributed by atoms with Crippen molar-refractivity contribution in [2.75, 3.05) is 6.54 Å². The smallest absolute Gasteiger partial charge is 0.287 e. The van der Waals surface area contributed by atoms with Gasteiger partial charge < -0.3 is 15.0 Å². The third-order valence-electron chi connectivity index (χ3n) is 1.22. The Kier molecular flexibility index (Phi) is 3.32. The van der Waals surface area contributed by atoms with E-state index in [2.05, 4.69) is 28.8 Å². The molecule has 1 aliphatic rings. The molecule has 0 atom stereocenters. The number of hydrogen-bond acceptors (Lipinski definition) is 3. The summed E-state index contributed by atoms with van der Waals surface area (Å²) in [5, 5.41) is 5.95. The van der Waals surface area contributed by atoms with Gasteiger partial charge in [-0.2, -0.15) is 0 Å². The highest BCUT2D eigenvalue weighted by atomic mass is 15.1. The molecule has 3 nitrogen and oxygen atoms in total. The Hall–Kier alpha value is 0.0748. The predicted molar refractivity (Wildman–Crippen MR) is 45.1 cm³/mol. The SMILES string of the molecule is CC(C)CN1[B]N[B]N[B]1. The second-order valence-corrected chi connectivity index (χ2v) is 2.83. The molecule has 0 aromatic carbocycles. The van der Waals surface area contributed by atoms with Crippen LogP contribution >= 0.6 is 0 Å². The summed E-state index contributed by atoms with van der Waals surface area (Å²) in [5.41, 5.74) is 0. The molecule has 0 saturated carbocycles. The molecule has 0 aliphatic carbocycles. The van der Waals surface area contributed by atoms with Crippen molar-refractivity contribution in [1.29, 1.82) is 0 Å². The quantitative estimate of drug-likeness (QED) is 0.461. The number of nitrogens with one attached hydrogen (secondary N) is 2. The van der Waals surface area contributed by atoms with Gasteiger partial charge in [-0.25, -0.2) is 0 Å². The molecule has 1 heterocycles. The van der Waals surface area contributed by atoms with Gasteiger partial charge in [0.25, 0.3) is 22.6 Å². The zero-order valence-electron chi connectivity index (χ0n) is 6.46. The fourth-order valence-corrected chi connectivity index (χ4v) is 0.878. The van der Waals surface area contributed by atoms with Crippen LogP contribution in [0.25, 0.3) is 0 Å². The summed E-state index contributed by atoms with van der Waals surface area (Å²) in [5.74, 6) is 0.689. The Bertz CT molecular complexity index is 93.7. The van der Waals surface area contributed by atoms with Crippen LogP contribution in [0.3, 0.4) is 0 Å². The van der Waals surface area contributed by atoms with Gasteiger partial charge in [-0.05, 0) is 12.5 Å². The molecule has 0 amide bonds. The molecular formula is C4H11B3N3. The Balaban J connectivity index is 2.13. The van der Waals surface area contributed by atoms with Crippen LogP contribution in [-0.4, -0.2) is 33.9 Å². The molecule has 1 rings (SSSR count). The van der Waals surface area contributed by atoms with Crippen molar-refractivity contribution in [3.8, 4) is 0 Å². The second kappa shape index (κ2) is 4.06. The van der Waals surface area contributed by atoms with E-state index in [4.69, 9.17) is 0 Å². The number of nitrogens with zero attached hydrogens (tertiary/aromatic N) is 1. The molecule has 3 radical (unpaired) electrons. The van der Waals surface area contributed by atoms with Crippen molar-refractivity contribution in [3.63, 3.8) is 0 Å². The summed E-state index contributed by atoms with van der Waals surface area (Å²) in [6, 6.07) is 0. The van der Waals surface area contributed by atoms with Gasteiger partial charge in [0.1, 0.15) is 0 Å². The molecule has 51 valence electrons. The lowest BCUT2D eigenvalue weighted by molar-refractivity contribution is 0.516. The molecule has 1 saturated heterocycles. The van der Waals surface area contributed by atoms with E-state index >= 15 is 0 Å². The highest BCUT2D eigenvalue weighted by Gasteiger charge is 2.14. The minimum atomic E-state index is 0.689. The van der Waals surface area contributed by atoms with Crippen molar-refractivity contribution < 1.29 is 0 Å². The number of hydrogen-bond donors (Lipinski definition) is 2. The maximum absolute atomic E-state index is 2.97. The molecule has 1 aliphatic heterocycles. The molecule has 10 heavy (non-hydrogen) atoms. The molecule has 0 bridgehead atoms. The highest BCUT2D eigenvalue weighted by Crippen LogP contribution is 1.94. The minimum Gasteiger partial charge on any atom is -0.379 e. The van der Waals surface area contributed by atoms with E-state index in [1.807, 2.05) is 15.1 Å². The Morgan fingerprint density at radius 1 is 1.30 bits per heavy atom. The number of rotatable bonds is 2. The summed E-state index contributed by atoms with van der Waals surface area (Å²) in [4.78, 5) is 0. The van der Waals surface area contributed by atoms with Gasteiger partial charge in [-0.15, -0.1) is 0 Å². The Morgan fingerprint density at radius 3 is 2.40 bits per heavy atom. The van der Waals surface area contributed by atoms with Crippen LogP contribution in [0.5, 0.6) is 0 Å². The third kappa shape index (κ3) is 2.77. The maximum Gasteiger partial charge on any atom is 0.287 e. The fourth-order valence-electron chi connectivity index (χ4n) is 0.878. The van der Waals surface area contributed by atoms with Gasteiger partial charge in [0.15, 0.2) is 0 Å². The molecule has 0 spiro atoms. The summed E-state index contributed by atoms with van der Waals surface area (Å²) in [7, 11) is 5.67. The van der Waals surface area contributed by atoms with Gasteiger partial charge >= 0.3 is 0 Å². The molecule has 0 aromatic rings. The van der Waals surface area contributed by atoms with Crippen molar-refractivity contribution in [2.24, 2.45) is 5.92 Å². The van der Waals surface area contributed by atoms with Crippen LogP contribution in [0.4, 0.5) is 0 Å². The van der Waals surface area contributed by atoms with Crippen LogP contribution < -0.4 is 10.3 Å². The van der Waals surface area contributed by atoms with Gasteiger partial charge in [-0.3, -0.25) is 0 Å². The first-order valence-corrected chi connectivity index (χ1v) is 3.55. The lowest BCUT2D eigenvalue weighted by Gasteiger charge is -2.26. The minimum absolute atomic E-state index is 0.689. The first-order valence-electron chi connectivity index (χ1n) is 3.55. The zero-order valence-corrected chi connectivity index (χ0v) is 6.46. The van der Waals surface area contributed by atoms with Crippen LogP contribution in [0, 0.1) is 5.92 Å². The standard InChI is InChI=1S/C4H11B3N3/c1-4(2)3-10-6-8-5-9-7-10/h4,8-9H,3H2,1-2H3. The van der Waals surface area contributed by atoms with E-state index in [9.17, 15) is 0 Å². The average Bonchev–Trinajstić information content (AvgIpc) is 1.88. The van der Waals surface area contributed by atoms with Crippen molar-refractivity contribution in [2.45, 2.75) is 13.8 Å². The predicted octanol–water partition coefficient (Wildman–Crippen LogP) is -1.26. The lowest BCUT2D eigenvalue weighted by atomic mass is 9.80. The fraction of sp³-hybridized carbons (Fsp3) is 1.00. The van der Waals surface area contributed by atoms with Crippen LogP contribution in [0.2, 0.25) is 0 Å². The van der Waals surface area contributed by atoms with E-state index in [1.54, 1.807) is 7.55 Å². The Labute approximate surface area is 64.8 Å². The lowest BCUT2D eigenvalue weighted by Crippen LogP contribution is -2.58. The molecule has 2 N–H and O–H groups in total. The van der Waals surface area contributed by atoms with Crippen molar-refractivity contribution in [1.82, 2.24) is 15.0 Å². The summed E-state index contributed by atoms with van der Waals surface area (Å²) in [6.45, 7) is 5.44. The second-order valence-electron chi connectivity index (χ2n) is 2.83. The first kappa shape index (κ1) is 8.17. The largest absolute Gasteiger partial charge is 0.379 e. The molecule has 0 aromatic heterocycles. The van der Waals surface area contributed by atoms with Crippen LogP contribution in [0.1, 0.15) is 13.8 Å². The maximum atomic E-state index is 2.97. The third-order valence-corrected chi connectivity index (χ3v) is 1.22. The summed E-state index contributed by atoms with van der Waals surface area (Å²) < 4.78 is 2.09. The first-order chi connectivity index (χ1) is 4.79. The topological polar surface area (TPSA) is 27.3 Å². The Morgan fingerprint density at radius 2 is 1.90 bits per heavy atom. The van der Waals surface area contributed by atoms with Crippen molar-refractivity contribution in [3.05, 3.63) is 0 Å². The monoisotopic (exact) mass is 134 g/mol. The van der Waals surface area contributed by atoms with Gasteiger partial charge in [-0.1, -0.05) is 13.8 Å². The van der Waals surface area contributed by atoms with E-state index in [0.29, 0.717) is 5.92 Å². The normalized spacial score (nSPS) is 19.5. The summed E-state index contributed by atoms with van der Waals surface area (Å²) >= 11 is 0. The van der Waals surface area contributed by atoms with E-state index in [-0.39, 0.29) is 0 Å². The van der Waals surface area contributed by atoms with E-state index in [1.165, 1.54) is 0 Å². The summed E-state index contributed by atoms with van der Waals surface area (Å²) in [6.07, 6.45) is 0. The van der Waals surface area contributed by atoms with Crippen LogP contribution in [-0.2, 0) is 0 Å². The van der Waals surface area contributed by atoms with E-state index in [0.717, 1.165) is 6.54 Å². The van der Waals surface area contributed by atoms with Gasteiger partial charge in [0.2, 0.25) is 0 Å². The molecule has 0 unspecified atom stereocenters. The van der Waals surface area contributed by atoms with E-state index < -0.39 is 0 Å². The molecule has 6 heteroatoms.